The molecule has 1 heterocycles. The van der Waals surface area contributed by atoms with Crippen LogP contribution in [0.3, 0.4) is 0 Å². The molecule has 19 heavy (non-hydrogen) atoms. The lowest BCUT2D eigenvalue weighted by Gasteiger charge is -2.03. The number of hydrogen-bond acceptors (Lipinski definition) is 1. The zero-order valence-electron chi connectivity index (χ0n) is 10.2. The molecule has 0 saturated heterocycles. The van der Waals surface area contributed by atoms with Crippen LogP contribution in [-0.4, -0.2) is 4.98 Å². The van der Waals surface area contributed by atoms with Crippen LogP contribution in [0.5, 0.6) is 0 Å². The highest BCUT2D eigenvalue weighted by Crippen LogP contribution is 2.38. The maximum Gasteiger partial charge on any atom is 0.0746 e. The maximum absolute atomic E-state index is 4.63. The number of benzene rings is 2. The maximum atomic E-state index is 4.63. The fourth-order valence-electron chi connectivity index (χ4n) is 2.73. The van der Waals surface area contributed by atoms with Crippen molar-refractivity contribution in [1.29, 1.82) is 0 Å². The molecule has 0 spiro atoms. The first-order valence-corrected chi connectivity index (χ1v) is 5.88. The van der Waals surface area contributed by atoms with E-state index in [4.69, 9.17) is 0 Å². The highest BCUT2D eigenvalue weighted by molar-refractivity contribution is 5.92. The summed E-state index contributed by atoms with van der Waals surface area (Å²) in [5.41, 5.74) is 5.24. The number of aromatic nitrogens is 1. The Labute approximate surface area is 124 Å². The number of hydrogen-bond donors (Lipinski definition) is 0. The van der Waals surface area contributed by atoms with Gasteiger partial charge in [-0.3, -0.25) is 4.98 Å². The zero-order chi connectivity index (χ0) is 11.2. The van der Waals surface area contributed by atoms with E-state index >= 15 is 0 Å². The molecule has 0 unspecified atom stereocenters. The van der Waals surface area contributed by atoms with E-state index in [1.54, 1.807) is 0 Å². The number of fused-ring (bicyclic) bond motifs is 5. The molecule has 1 aliphatic carbocycles. The summed E-state index contributed by atoms with van der Waals surface area (Å²) in [7, 11) is 0. The zero-order valence-corrected chi connectivity index (χ0v) is 11.8. The van der Waals surface area contributed by atoms with Crippen LogP contribution in [0.1, 0.15) is 11.1 Å². The first-order valence-electron chi connectivity index (χ1n) is 5.88. The van der Waals surface area contributed by atoms with Crippen molar-refractivity contribution in [2.24, 2.45) is 0 Å². The standard InChI is InChI=1S/C16H11N.2ClH/c1-4-8-14-11(5-1)9-15-13-7-3-2-6-12(13)10-17-16(14)15;;/h1-8,10H,9H2;2*1H. The summed E-state index contributed by atoms with van der Waals surface area (Å²) in [6, 6.07) is 17.1. The van der Waals surface area contributed by atoms with Gasteiger partial charge in [0.2, 0.25) is 0 Å². The van der Waals surface area contributed by atoms with Gasteiger partial charge < -0.3 is 0 Å². The van der Waals surface area contributed by atoms with E-state index in [1.807, 2.05) is 6.20 Å². The Morgan fingerprint density at radius 3 is 2.47 bits per heavy atom. The summed E-state index contributed by atoms with van der Waals surface area (Å²) in [5, 5.41) is 2.58. The van der Waals surface area contributed by atoms with Crippen molar-refractivity contribution in [3.05, 3.63) is 65.9 Å². The van der Waals surface area contributed by atoms with Crippen LogP contribution < -0.4 is 0 Å². The first kappa shape index (κ1) is 13.9. The summed E-state index contributed by atoms with van der Waals surface area (Å²) < 4.78 is 0. The number of rotatable bonds is 0. The van der Waals surface area contributed by atoms with Gasteiger partial charge in [0.1, 0.15) is 0 Å². The third-order valence-electron chi connectivity index (χ3n) is 3.54. The predicted octanol–water partition coefficient (Wildman–Crippen LogP) is 4.65. The fraction of sp³-hybridized carbons (Fsp3) is 0.0625. The lowest BCUT2D eigenvalue weighted by atomic mass is 10.0. The predicted molar refractivity (Wildman–Crippen MR) is 84.5 cm³/mol. The molecule has 0 bridgehead atoms. The lowest BCUT2D eigenvalue weighted by molar-refractivity contribution is 1.26. The van der Waals surface area contributed by atoms with Gasteiger partial charge in [0.05, 0.1) is 5.69 Å². The highest BCUT2D eigenvalue weighted by atomic mass is 35.5. The molecule has 3 heteroatoms. The second-order valence-electron chi connectivity index (χ2n) is 4.51. The van der Waals surface area contributed by atoms with Crippen molar-refractivity contribution >= 4 is 35.6 Å². The van der Waals surface area contributed by atoms with Gasteiger partial charge in [-0.15, -0.1) is 24.8 Å². The van der Waals surface area contributed by atoms with Crippen molar-refractivity contribution in [2.75, 3.05) is 0 Å². The smallest absolute Gasteiger partial charge is 0.0746 e. The van der Waals surface area contributed by atoms with Crippen molar-refractivity contribution in [2.45, 2.75) is 6.42 Å². The number of halogens is 2. The molecule has 96 valence electrons. The van der Waals surface area contributed by atoms with Crippen LogP contribution in [-0.2, 0) is 6.42 Å². The van der Waals surface area contributed by atoms with Gasteiger partial charge >= 0.3 is 0 Å². The summed E-state index contributed by atoms with van der Waals surface area (Å²) in [4.78, 5) is 4.63. The van der Waals surface area contributed by atoms with Crippen LogP contribution in [0.4, 0.5) is 0 Å². The number of nitrogens with zero attached hydrogens (tertiary/aromatic N) is 1. The minimum Gasteiger partial charge on any atom is -0.255 e. The summed E-state index contributed by atoms with van der Waals surface area (Å²) in [5.74, 6) is 0. The molecule has 0 fully saturated rings. The molecule has 2 aromatic carbocycles. The SMILES string of the molecule is Cl.Cl.c1ccc2c(c1)Cc1c-2ncc2ccccc12. The minimum absolute atomic E-state index is 0. The molecule has 0 aliphatic heterocycles. The first-order chi connectivity index (χ1) is 8.43. The normalized spacial score (nSPS) is 11.2. The van der Waals surface area contributed by atoms with Gasteiger partial charge in [-0.05, 0) is 16.5 Å². The van der Waals surface area contributed by atoms with Gasteiger partial charge in [0.15, 0.2) is 0 Å². The van der Waals surface area contributed by atoms with Crippen molar-refractivity contribution in [1.82, 2.24) is 4.98 Å². The van der Waals surface area contributed by atoms with Crippen LogP contribution in [0, 0.1) is 0 Å². The Bertz CT molecular complexity index is 738. The molecular weight excluding hydrogens is 277 g/mol. The van der Waals surface area contributed by atoms with Gasteiger partial charge in [0.25, 0.3) is 0 Å². The Balaban J connectivity index is 0.000000667. The Hall–Kier alpha value is -1.57. The summed E-state index contributed by atoms with van der Waals surface area (Å²) >= 11 is 0. The quantitative estimate of drug-likeness (QED) is 0.459. The highest BCUT2D eigenvalue weighted by Gasteiger charge is 2.20. The van der Waals surface area contributed by atoms with E-state index in [1.165, 1.54) is 33.2 Å². The van der Waals surface area contributed by atoms with Crippen molar-refractivity contribution in [3.8, 4) is 11.3 Å². The molecule has 0 amide bonds. The average Bonchev–Trinajstić information content (AvgIpc) is 2.78. The third-order valence-corrected chi connectivity index (χ3v) is 3.54. The number of pyridine rings is 1. The molecule has 0 saturated carbocycles. The molecule has 3 aromatic rings. The molecule has 0 radical (unpaired) electrons. The second-order valence-corrected chi connectivity index (χ2v) is 4.51. The van der Waals surface area contributed by atoms with Crippen molar-refractivity contribution < 1.29 is 0 Å². The average molecular weight is 290 g/mol. The Morgan fingerprint density at radius 1 is 0.842 bits per heavy atom. The third kappa shape index (κ3) is 1.99. The molecule has 1 aromatic heterocycles. The van der Waals surface area contributed by atoms with Crippen LogP contribution in [0.25, 0.3) is 22.0 Å². The molecular formula is C16H13Cl2N. The van der Waals surface area contributed by atoms with Gasteiger partial charge in [0, 0.05) is 23.6 Å². The minimum atomic E-state index is 0. The Morgan fingerprint density at radius 2 is 1.58 bits per heavy atom. The largest absolute Gasteiger partial charge is 0.255 e. The lowest BCUT2D eigenvalue weighted by Crippen LogP contribution is -1.86. The van der Waals surface area contributed by atoms with E-state index < -0.39 is 0 Å². The van der Waals surface area contributed by atoms with Gasteiger partial charge in [-0.1, -0.05) is 48.5 Å². The summed E-state index contributed by atoms with van der Waals surface area (Å²) in [6.45, 7) is 0. The van der Waals surface area contributed by atoms with E-state index in [-0.39, 0.29) is 24.8 Å². The second kappa shape index (κ2) is 5.20. The molecule has 1 aliphatic rings. The van der Waals surface area contributed by atoms with E-state index in [0.717, 1.165) is 6.42 Å². The molecule has 0 atom stereocenters. The fourth-order valence-corrected chi connectivity index (χ4v) is 2.73. The van der Waals surface area contributed by atoms with Crippen LogP contribution >= 0.6 is 24.8 Å². The summed E-state index contributed by atoms with van der Waals surface area (Å²) in [6.07, 6.45) is 3.00. The van der Waals surface area contributed by atoms with Crippen LogP contribution in [0.15, 0.2) is 54.7 Å². The monoisotopic (exact) mass is 289 g/mol. The molecule has 4 rings (SSSR count). The topological polar surface area (TPSA) is 12.9 Å². The van der Waals surface area contributed by atoms with Gasteiger partial charge in [-0.25, -0.2) is 0 Å². The molecule has 0 N–H and O–H groups in total. The van der Waals surface area contributed by atoms with Gasteiger partial charge in [-0.2, -0.15) is 0 Å². The van der Waals surface area contributed by atoms with Crippen LogP contribution in [0.2, 0.25) is 0 Å². The molecule has 1 nitrogen and oxygen atoms in total. The Kier molecular flexibility index (Phi) is 3.79. The van der Waals surface area contributed by atoms with E-state index in [2.05, 4.69) is 53.5 Å². The van der Waals surface area contributed by atoms with E-state index in [9.17, 15) is 0 Å². The van der Waals surface area contributed by atoms with Crippen molar-refractivity contribution in [3.63, 3.8) is 0 Å². The van der Waals surface area contributed by atoms with E-state index in [0.29, 0.717) is 0 Å².